The first-order valence-electron chi connectivity index (χ1n) is 5.90. The number of imidazole rings is 1. The van der Waals surface area contributed by atoms with Gasteiger partial charge in [-0.1, -0.05) is 18.2 Å². The summed E-state index contributed by atoms with van der Waals surface area (Å²) in [6.45, 7) is 2.04. The Balaban J connectivity index is 1.98. The summed E-state index contributed by atoms with van der Waals surface area (Å²) in [4.78, 5) is 4.54. The third-order valence-electron chi connectivity index (χ3n) is 3.02. The van der Waals surface area contributed by atoms with Crippen molar-refractivity contribution in [1.82, 2.24) is 9.38 Å². The molecule has 90 valence electrons. The predicted molar refractivity (Wildman–Crippen MR) is 69.1 cm³/mol. The first-order valence-corrected chi connectivity index (χ1v) is 5.90. The summed E-state index contributed by atoms with van der Waals surface area (Å²) < 4.78 is 15.2. The summed E-state index contributed by atoms with van der Waals surface area (Å²) >= 11 is 0. The van der Waals surface area contributed by atoms with Crippen LogP contribution in [0.3, 0.4) is 0 Å². The van der Waals surface area contributed by atoms with Gasteiger partial charge in [0.2, 0.25) is 0 Å². The van der Waals surface area contributed by atoms with Gasteiger partial charge < -0.3 is 4.40 Å². The molecule has 0 amide bonds. The molecule has 0 aliphatic carbocycles. The fourth-order valence-corrected chi connectivity index (χ4v) is 2.14. The van der Waals surface area contributed by atoms with Gasteiger partial charge >= 0.3 is 0 Å². The van der Waals surface area contributed by atoms with Crippen molar-refractivity contribution in [2.45, 2.75) is 13.3 Å². The SMILES string of the molecule is Cc1cccc2nc(Cc3cccc(F)c3)cn12. The number of aromatic nitrogens is 2. The molecule has 0 spiro atoms. The van der Waals surface area contributed by atoms with Gasteiger partial charge in [0.05, 0.1) is 5.69 Å². The van der Waals surface area contributed by atoms with E-state index in [1.807, 2.05) is 37.4 Å². The van der Waals surface area contributed by atoms with Gasteiger partial charge in [-0.2, -0.15) is 0 Å². The van der Waals surface area contributed by atoms with Gasteiger partial charge in [0.15, 0.2) is 0 Å². The summed E-state index contributed by atoms with van der Waals surface area (Å²) in [6.07, 6.45) is 2.66. The van der Waals surface area contributed by atoms with Crippen LogP contribution in [0.25, 0.3) is 5.65 Å². The maximum Gasteiger partial charge on any atom is 0.137 e. The molecule has 3 heteroatoms. The molecular weight excluding hydrogens is 227 g/mol. The molecule has 2 heterocycles. The van der Waals surface area contributed by atoms with Crippen LogP contribution in [0.5, 0.6) is 0 Å². The Labute approximate surface area is 105 Å². The Kier molecular flexibility index (Phi) is 2.59. The topological polar surface area (TPSA) is 17.3 Å². The second kappa shape index (κ2) is 4.26. The van der Waals surface area contributed by atoms with E-state index in [0.717, 1.165) is 22.6 Å². The Hall–Kier alpha value is -2.16. The summed E-state index contributed by atoms with van der Waals surface area (Å²) in [6, 6.07) is 12.7. The zero-order valence-corrected chi connectivity index (χ0v) is 10.1. The molecule has 0 N–H and O–H groups in total. The molecule has 18 heavy (non-hydrogen) atoms. The van der Waals surface area contributed by atoms with Gasteiger partial charge in [-0.05, 0) is 36.8 Å². The predicted octanol–water partition coefficient (Wildman–Crippen LogP) is 3.37. The fraction of sp³-hybridized carbons (Fsp3) is 0.133. The van der Waals surface area contributed by atoms with E-state index in [9.17, 15) is 4.39 Å². The van der Waals surface area contributed by atoms with Gasteiger partial charge in [0, 0.05) is 18.3 Å². The second-order valence-corrected chi connectivity index (χ2v) is 4.43. The molecule has 0 bridgehead atoms. The third kappa shape index (κ3) is 1.99. The highest BCUT2D eigenvalue weighted by atomic mass is 19.1. The number of fused-ring (bicyclic) bond motifs is 1. The van der Waals surface area contributed by atoms with Crippen molar-refractivity contribution in [1.29, 1.82) is 0 Å². The summed E-state index contributed by atoms with van der Waals surface area (Å²) in [5, 5.41) is 0. The van der Waals surface area contributed by atoms with E-state index in [-0.39, 0.29) is 5.82 Å². The van der Waals surface area contributed by atoms with Crippen LogP contribution in [0, 0.1) is 12.7 Å². The van der Waals surface area contributed by atoms with Crippen LogP contribution in [-0.2, 0) is 6.42 Å². The van der Waals surface area contributed by atoms with Crippen molar-refractivity contribution in [3.05, 3.63) is 71.4 Å². The second-order valence-electron chi connectivity index (χ2n) is 4.43. The molecule has 3 aromatic rings. The molecule has 0 radical (unpaired) electrons. The van der Waals surface area contributed by atoms with Crippen LogP contribution in [0.1, 0.15) is 17.0 Å². The number of hydrogen-bond donors (Lipinski definition) is 0. The van der Waals surface area contributed by atoms with Crippen molar-refractivity contribution < 1.29 is 4.39 Å². The van der Waals surface area contributed by atoms with E-state index in [4.69, 9.17) is 0 Å². The number of nitrogens with zero attached hydrogens (tertiary/aromatic N) is 2. The van der Waals surface area contributed by atoms with Crippen LogP contribution in [-0.4, -0.2) is 9.38 Å². The van der Waals surface area contributed by atoms with E-state index < -0.39 is 0 Å². The quantitative estimate of drug-likeness (QED) is 0.671. The van der Waals surface area contributed by atoms with Crippen molar-refractivity contribution >= 4 is 5.65 Å². The molecule has 3 rings (SSSR count). The smallest absolute Gasteiger partial charge is 0.137 e. The maximum absolute atomic E-state index is 13.1. The largest absolute Gasteiger partial charge is 0.304 e. The average Bonchev–Trinajstić information content (AvgIpc) is 2.73. The lowest BCUT2D eigenvalue weighted by atomic mass is 10.1. The minimum absolute atomic E-state index is 0.201. The number of rotatable bonds is 2. The molecule has 0 unspecified atom stereocenters. The normalized spacial score (nSPS) is 11.0. The number of pyridine rings is 1. The average molecular weight is 240 g/mol. The van der Waals surface area contributed by atoms with Crippen LogP contribution in [0.15, 0.2) is 48.7 Å². The molecule has 2 aromatic heterocycles. The molecule has 0 aliphatic rings. The standard InChI is InChI=1S/C15H13FN2/c1-11-4-2-7-15-17-14(10-18(11)15)9-12-5-3-6-13(16)8-12/h2-8,10H,9H2,1H3. The zero-order chi connectivity index (χ0) is 12.5. The number of aryl methyl sites for hydroxylation is 1. The Bertz CT molecular complexity index is 701. The first-order chi connectivity index (χ1) is 8.72. The van der Waals surface area contributed by atoms with E-state index in [0.29, 0.717) is 6.42 Å². The minimum atomic E-state index is -0.201. The van der Waals surface area contributed by atoms with E-state index in [1.54, 1.807) is 12.1 Å². The van der Waals surface area contributed by atoms with Gasteiger partial charge in [-0.25, -0.2) is 9.37 Å². The summed E-state index contributed by atoms with van der Waals surface area (Å²) in [5.41, 5.74) is 3.97. The molecule has 0 atom stereocenters. The van der Waals surface area contributed by atoms with Crippen molar-refractivity contribution in [3.8, 4) is 0 Å². The Morgan fingerprint density at radius 3 is 2.78 bits per heavy atom. The molecule has 0 fully saturated rings. The van der Waals surface area contributed by atoms with Crippen molar-refractivity contribution in [2.75, 3.05) is 0 Å². The van der Waals surface area contributed by atoms with Crippen LogP contribution < -0.4 is 0 Å². The van der Waals surface area contributed by atoms with Gasteiger partial charge in [-0.3, -0.25) is 0 Å². The molecular formula is C15H13FN2. The van der Waals surface area contributed by atoms with Gasteiger partial charge in [0.25, 0.3) is 0 Å². The third-order valence-corrected chi connectivity index (χ3v) is 3.02. The van der Waals surface area contributed by atoms with Crippen molar-refractivity contribution in [2.24, 2.45) is 0 Å². The number of hydrogen-bond acceptors (Lipinski definition) is 1. The lowest BCUT2D eigenvalue weighted by Gasteiger charge is -1.97. The maximum atomic E-state index is 13.1. The fourth-order valence-electron chi connectivity index (χ4n) is 2.14. The highest BCUT2D eigenvalue weighted by Crippen LogP contribution is 2.13. The lowest BCUT2D eigenvalue weighted by Crippen LogP contribution is -1.89. The zero-order valence-electron chi connectivity index (χ0n) is 10.1. The summed E-state index contributed by atoms with van der Waals surface area (Å²) in [7, 11) is 0. The van der Waals surface area contributed by atoms with Crippen LogP contribution in [0.4, 0.5) is 4.39 Å². The molecule has 0 saturated carbocycles. The number of halogens is 1. The molecule has 1 aromatic carbocycles. The number of benzene rings is 1. The van der Waals surface area contributed by atoms with Gasteiger partial charge in [-0.15, -0.1) is 0 Å². The first kappa shape index (κ1) is 11.0. The lowest BCUT2D eigenvalue weighted by molar-refractivity contribution is 0.626. The molecule has 0 aliphatic heterocycles. The Morgan fingerprint density at radius 1 is 1.17 bits per heavy atom. The molecule has 0 saturated heterocycles. The van der Waals surface area contributed by atoms with Crippen molar-refractivity contribution in [3.63, 3.8) is 0 Å². The van der Waals surface area contributed by atoms with Gasteiger partial charge in [0.1, 0.15) is 11.5 Å². The minimum Gasteiger partial charge on any atom is -0.304 e. The Morgan fingerprint density at radius 2 is 2.00 bits per heavy atom. The van der Waals surface area contributed by atoms with E-state index in [2.05, 4.69) is 9.38 Å². The highest BCUT2D eigenvalue weighted by Gasteiger charge is 2.04. The van der Waals surface area contributed by atoms with Crippen LogP contribution >= 0.6 is 0 Å². The van der Waals surface area contributed by atoms with E-state index in [1.165, 1.54) is 6.07 Å². The van der Waals surface area contributed by atoms with E-state index >= 15 is 0 Å². The van der Waals surface area contributed by atoms with Crippen LogP contribution in [0.2, 0.25) is 0 Å². The highest BCUT2D eigenvalue weighted by molar-refractivity contribution is 5.42. The molecule has 2 nitrogen and oxygen atoms in total. The summed E-state index contributed by atoms with van der Waals surface area (Å²) in [5.74, 6) is -0.201. The monoisotopic (exact) mass is 240 g/mol.